The van der Waals surface area contributed by atoms with Gasteiger partial charge in [0.1, 0.15) is 0 Å². The summed E-state index contributed by atoms with van der Waals surface area (Å²) in [7, 11) is 0. The topological polar surface area (TPSA) is 95.9 Å². The van der Waals surface area contributed by atoms with E-state index in [0.717, 1.165) is 44.9 Å². The lowest BCUT2D eigenvalue weighted by molar-refractivity contribution is -0.143. The van der Waals surface area contributed by atoms with E-state index in [1.165, 1.54) is 347 Å². The summed E-state index contributed by atoms with van der Waals surface area (Å²) in [6.45, 7) is 4.99. The molecule has 0 fully saturated rings. The van der Waals surface area contributed by atoms with Crippen LogP contribution in [0.4, 0.5) is 0 Å². The van der Waals surface area contributed by atoms with Crippen LogP contribution in [0.5, 0.6) is 0 Å². The maximum atomic E-state index is 12.6. The smallest absolute Gasteiger partial charge is 0.305 e. The molecule has 0 saturated heterocycles. The second-order valence-corrected chi connectivity index (χ2v) is 26.0. The second kappa shape index (κ2) is 71.8. The molecule has 0 radical (unpaired) electrons. The fourth-order valence-corrected chi connectivity index (χ4v) is 12.0. The number of nitrogens with one attached hydrogen (secondary N) is 1. The normalized spacial score (nSPS) is 12.6. The van der Waals surface area contributed by atoms with Crippen molar-refractivity contribution in [3.63, 3.8) is 0 Å². The van der Waals surface area contributed by atoms with Crippen molar-refractivity contribution in [3.8, 4) is 0 Å². The highest BCUT2D eigenvalue weighted by Crippen LogP contribution is 2.19. The fourth-order valence-electron chi connectivity index (χ4n) is 12.0. The van der Waals surface area contributed by atoms with E-state index in [4.69, 9.17) is 4.74 Å². The molecule has 2 unspecified atom stereocenters. The summed E-state index contributed by atoms with van der Waals surface area (Å²) in [4.78, 5) is 24.7. The minimum Gasteiger partial charge on any atom is -0.466 e. The Morgan fingerprint density at radius 1 is 0.329 bits per heavy atom. The summed E-state index contributed by atoms with van der Waals surface area (Å²) < 4.78 is 5.50. The predicted octanol–water partition coefficient (Wildman–Crippen LogP) is 24.5. The molecule has 0 spiro atoms. The van der Waals surface area contributed by atoms with Crippen LogP contribution in [0.2, 0.25) is 0 Å². The number of carbonyl (C=O) groups is 2. The molecule has 2 atom stereocenters. The average Bonchev–Trinajstić information content (AvgIpc) is 3.48. The Morgan fingerprint density at radius 3 is 0.866 bits per heavy atom. The summed E-state index contributed by atoms with van der Waals surface area (Å²) in [6.07, 6.45) is 91.0. The summed E-state index contributed by atoms with van der Waals surface area (Å²) in [5, 5.41) is 23.5. The number of esters is 1. The molecule has 0 bridgehead atoms. The van der Waals surface area contributed by atoms with Gasteiger partial charge in [-0.25, -0.2) is 0 Å². The highest BCUT2D eigenvalue weighted by Gasteiger charge is 2.20. The van der Waals surface area contributed by atoms with Crippen LogP contribution in [0.3, 0.4) is 0 Å². The first-order valence-electron chi connectivity index (χ1n) is 37.6. The minimum absolute atomic E-state index is 0.00938. The Hall–Kier alpha value is -1.66. The molecule has 0 aliphatic rings. The lowest BCUT2D eigenvalue weighted by Gasteiger charge is -2.22. The van der Waals surface area contributed by atoms with E-state index in [9.17, 15) is 19.8 Å². The number of carbonyl (C=O) groups excluding carboxylic acids is 2. The van der Waals surface area contributed by atoms with Crippen LogP contribution in [-0.4, -0.2) is 47.4 Å². The van der Waals surface area contributed by atoms with Gasteiger partial charge in [-0.1, -0.05) is 359 Å². The van der Waals surface area contributed by atoms with Crippen LogP contribution >= 0.6 is 0 Å². The number of unbranched alkanes of at least 4 members (excludes halogenated alkanes) is 56. The summed E-state index contributed by atoms with van der Waals surface area (Å²) in [6, 6.07) is -0.548. The predicted molar refractivity (Wildman–Crippen MR) is 361 cm³/mol. The van der Waals surface area contributed by atoms with Gasteiger partial charge in [0.25, 0.3) is 0 Å². The van der Waals surface area contributed by atoms with E-state index >= 15 is 0 Å². The molecule has 0 aliphatic carbocycles. The molecule has 0 aromatic rings. The van der Waals surface area contributed by atoms with Gasteiger partial charge in [0.2, 0.25) is 5.91 Å². The zero-order chi connectivity index (χ0) is 59.2. The number of hydrogen-bond donors (Lipinski definition) is 3. The van der Waals surface area contributed by atoms with Gasteiger partial charge >= 0.3 is 5.97 Å². The molecule has 0 aromatic carbocycles. The molecule has 0 aromatic heterocycles. The lowest BCUT2D eigenvalue weighted by atomic mass is 10.0. The van der Waals surface area contributed by atoms with Gasteiger partial charge in [-0.15, -0.1) is 0 Å². The van der Waals surface area contributed by atoms with E-state index in [-0.39, 0.29) is 18.5 Å². The highest BCUT2D eigenvalue weighted by atomic mass is 16.5. The summed E-state index contributed by atoms with van der Waals surface area (Å²) in [5.41, 5.74) is 0. The number of aliphatic hydroxyl groups is 2. The van der Waals surface area contributed by atoms with E-state index in [0.29, 0.717) is 25.9 Å². The third-order valence-corrected chi connectivity index (χ3v) is 17.7. The number of hydrogen-bond acceptors (Lipinski definition) is 5. The molecule has 0 heterocycles. The third kappa shape index (κ3) is 67.5. The van der Waals surface area contributed by atoms with E-state index in [1.807, 2.05) is 0 Å². The fraction of sp³-hybridized carbons (Fsp3) is 0.921. The van der Waals surface area contributed by atoms with Crippen molar-refractivity contribution < 1.29 is 24.5 Å². The van der Waals surface area contributed by atoms with Crippen molar-refractivity contribution >= 4 is 11.9 Å². The SMILES string of the molecule is CCCCCCCC/C=C\CCCCCCCCCC(=O)OCCCCCCCCCCCCCC/C=C\CCCCCCCCCC(=O)NC(CO)C(O)CCCCCCCCCCCCCCCCCCCCCCCCCCC. The maximum Gasteiger partial charge on any atom is 0.305 e. The number of aliphatic hydroxyl groups excluding tert-OH is 2. The zero-order valence-electron chi connectivity index (χ0n) is 55.8. The summed E-state index contributed by atoms with van der Waals surface area (Å²) >= 11 is 0. The van der Waals surface area contributed by atoms with Crippen molar-refractivity contribution in [2.75, 3.05) is 13.2 Å². The minimum atomic E-state index is -0.670. The third-order valence-electron chi connectivity index (χ3n) is 17.7. The molecular formula is C76H147NO5. The first kappa shape index (κ1) is 80.3. The number of ether oxygens (including phenoxy) is 1. The Labute approximate surface area is 513 Å². The molecule has 0 rings (SSSR count). The Balaban J connectivity index is 3.40. The van der Waals surface area contributed by atoms with Crippen molar-refractivity contribution in [2.45, 2.75) is 437 Å². The van der Waals surface area contributed by atoms with Crippen LogP contribution in [0.25, 0.3) is 0 Å². The summed E-state index contributed by atoms with van der Waals surface area (Å²) in [5.74, 6) is -0.0267. The van der Waals surface area contributed by atoms with Crippen LogP contribution in [-0.2, 0) is 14.3 Å². The quantitative estimate of drug-likeness (QED) is 0.0320. The van der Waals surface area contributed by atoms with Crippen molar-refractivity contribution in [2.24, 2.45) is 0 Å². The standard InChI is InChI=1S/C76H147NO5/c1-3-5-7-9-11-13-15-17-19-21-22-23-24-25-27-30-33-37-40-44-48-52-56-60-64-68-74(79)73(72-78)77-75(80)69-65-61-57-53-49-45-41-38-34-31-28-26-29-32-35-39-43-47-51-55-59-63-67-71-82-76(81)70-66-62-58-54-50-46-42-36-20-18-16-14-12-10-8-6-4-2/h18,20,31,34,73-74,78-79H,3-17,19,21-30,32-33,35-72H2,1-2H3,(H,77,80)/b20-18-,34-31-. The second-order valence-electron chi connectivity index (χ2n) is 26.0. The molecule has 0 saturated carbocycles. The molecule has 1 amide bonds. The molecule has 3 N–H and O–H groups in total. The van der Waals surface area contributed by atoms with Crippen molar-refractivity contribution in [1.29, 1.82) is 0 Å². The zero-order valence-corrected chi connectivity index (χ0v) is 55.8. The molecule has 6 nitrogen and oxygen atoms in total. The van der Waals surface area contributed by atoms with E-state index in [1.54, 1.807) is 0 Å². The monoisotopic (exact) mass is 1150 g/mol. The first-order chi connectivity index (χ1) is 40.5. The van der Waals surface area contributed by atoms with Crippen molar-refractivity contribution in [1.82, 2.24) is 5.32 Å². The van der Waals surface area contributed by atoms with Crippen molar-refractivity contribution in [3.05, 3.63) is 24.3 Å². The molecule has 486 valence electrons. The number of rotatable bonds is 71. The maximum absolute atomic E-state index is 12.6. The molecule has 82 heavy (non-hydrogen) atoms. The van der Waals surface area contributed by atoms with Crippen LogP contribution in [0.1, 0.15) is 425 Å². The van der Waals surface area contributed by atoms with Gasteiger partial charge in [0.05, 0.1) is 25.4 Å². The Morgan fingerprint density at radius 2 is 0.573 bits per heavy atom. The first-order valence-corrected chi connectivity index (χ1v) is 37.6. The van der Waals surface area contributed by atoms with E-state index < -0.39 is 12.1 Å². The average molecular weight is 1160 g/mol. The van der Waals surface area contributed by atoms with Gasteiger partial charge in [-0.2, -0.15) is 0 Å². The van der Waals surface area contributed by atoms with Crippen LogP contribution in [0.15, 0.2) is 24.3 Å². The van der Waals surface area contributed by atoms with Gasteiger partial charge in [0, 0.05) is 12.8 Å². The lowest BCUT2D eigenvalue weighted by Crippen LogP contribution is -2.45. The largest absolute Gasteiger partial charge is 0.466 e. The Bertz CT molecular complexity index is 1280. The van der Waals surface area contributed by atoms with Crippen LogP contribution < -0.4 is 5.32 Å². The number of amides is 1. The highest BCUT2D eigenvalue weighted by molar-refractivity contribution is 5.76. The van der Waals surface area contributed by atoms with Gasteiger partial charge in [-0.3, -0.25) is 9.59 Å². The van der Waals surface area contributed by atoms with E-state index in [2.05, 4.69) is 43.5 Å². The molecule has 0 aliphatic heterocycles. The molecular weight excluding hydrogens is 1010 g/mol. The molecule has 6 heteroatoms. The van der Waals surface area contributed by atoms with Gasteiger partial charge in [0.15, 0.2) is 0 Å². The van der Waals surface area contributed by atoms with Crippen LogP contribution in [0, 0.1) is 0 Å². The van der Waals surface area contributed by atoms with Gasteiger partial charge < -0.3 is 20.3 Å². The van der Waals surface area contributed by atoms with Gasteiger partial charge in [-0.05, 0) is 77.0 Å². The Kier molecular flexibility index (Phi) is 70.4. The number of allylic oxidation sites excluding steroid dienone is 4.